The number of halogens is 3. The van der Waals surface area contributed by atoms with Gasteiger partial charge in [0.15, 0.2) is 0 Å². The smallest absolute Gasteiger partial charge is 0.316 e. The van der Waals surface area contributed by atoms with E-state index >= 15 is 0 Å². The summed E-state index contributed by atoms with van der Waals surface area (Å²) in [5.74, 6) is 0.442. The Bertz CT molecular complexity index is 585. The predicted octanol–water partition coefficient (Wildman–Crippen LogP) is 2.90. The molecule has 2 fully saturated rings. The standard InChI is InChI=1S/C15H16F3N3/c16-15(17,18)13-4-11(6-19)12(7-21-13)3-10-1-2-14(5-10)8-20-9-14/h4,7,10,20H,1-3,5,8-9H2/t10-/m1/s1. The third-order valence-electron chi connectivity index (χ3n) is 4.71. The fourth-order valence-corrected chi connectivity index (χ4v) is 3.52. The highest BCUT2D eigenvalue weighted by Crippen LogP contribution is 2.45. The van der Waals surface area contributed by atoms with Gasteiger partial charge in [-0.05, 0) is 48.6 Å². The lowest BCUT2D eigenvalue weighted by molar-refractivity contribution is -0.141. The number of nitrogens with one attached hydrogen (secondary N) is 1. The Morgan fingerprint density at radius 1 is 1.43 bits per heavy atom. The molecule has 1 aliphatic carbocycles. The minimum atomic E-state index is -4.50. The number of nitrogens with zero attached hydrogens (tertiary/aromatic N) is 2. The van der Waals surface area contributed by atoms with E-state index in [1.807, 2.05) is 6.07 Å². The normalized spacial score (nSPS) is 23.8. The summed E-state index contributed by atoms with van der Waals surface area (Å²) in [5, 5.41) is 12.4. The molecule has 21 heavy (non-hydrogen) atoms. The molecular weight excluding hydrogens is 279 g/mol. The lowest BCUT2D eigenvalue weighted by Gasteiger charge is -2.39. The Morgan fingerprint density at radius 2 is 2.19 bits per heavy atom. The predicted molar refractivity (Wildman–Crippen MR) is 70.3 cm³/mol. The maximum Gasteiger partial charge on any atom is 0.433 e. The maximum absolute atomic E-state index is 12.6. The summed E-state index contributed by atoms with van der Waals surface area (Å²) in [7, 11) is 0. The molecule has 1 spiro atoms. The van der Waals surface area contributed by atoms with Crippen molar-refractivity contribution in [1.82, 2.24) is 10.3 Å². The molecule has 1 aromatic heterocycles. The fourth-order valence-electron chi connectivity index (χ4n) is 3.52. The van der Waals surface area contributed by atoms with Crippen LogP contribution in [0.1, 0.15) is 36.1 Å². The molecule has 2 aliphatic rings. The Kier molecular flexibility index (Phi) is 3.40. The molecule has 1 saturated carbocycles. The lowest BCUT2D eigenvalue weighted by atomic mass is 9.79. The van der Waals surface area contributed by atoms with E-state index in [0.717, 1.165) is 32.0 Å². The summed E-state index contributed by atoms with van der Waals surface area (Å²) in [4.78, 5) is 3.48. The van der Waals surface area contributed by atoms with Gasteiger partial charge >= 0.3 is 6.18 Å². The van der Waals surface area contributed by atoms with Gasteiger partial charge in [0.25, 0.3) is 0 Å². The fraction of sp³-hybridized carbons (Fsp3) is 0.600. The molecule has 1 N–H and O–H groups in total. The van der Waals surface area contributed by atoms with Crippen molar-refractivity contribution in [3.63, 3.8) is 0 Å². The molecule has 3 nitrogen and oxygen atoms in total. The van der Waals surface area contributed by atoms with Crippen LogP contribution in [0.4, 0.5) is 13.2 Å². The minimum Gasteiger partial charge on any atom is -0.316 e. The molecule has 1 aromatic rings. The maximum atomic E-state index is 12.6. The van der Waals surface area contributed by atoms with E-state index in [-0.39, 0.29) is 5.56 Å². The van der Waals surface area contributed by atoms with E-state index in [2.05, 4.69) is 10.3 Å². The third kappa shape index (κ3) is 2.75. The average Bonchev–Trinajstić information content (AvgIpc) is 2.82. The minimum absolute atomic E-state index is 0.102. The first-order chi connectivity index (χ1) is 9.92. The van der Waals surface area contributed by atoms with Crippen molar-refractivity contribution in [3.8, 4) is 6.07 Å². The van der Waals surface area contributed by atoms with Crippen molar-refractivity contribution in [1.29, 1.82) is 5.26 Å². The van der Waals surface area contributed by atoms with Crippen LogP contribution < -0.4 is 5.32 Å². The summed E-state index contributed by atoms with van der Waals surface area (Å²) in [6.45, 7) is 2.08. The van der Waals surface area contributed by atoms with Crippen molar-refractivity contribution in [3.05, 3.63) is 29.1 Å². The summed E-state index contributed by atoms with van der Waals surface area (Å²) >= 11 is 0. The van der Waals surface area contributed by atoms with Crippen molar-refractivity contribution >= 4 is 0 Å². The van der Waals surface area contributed by atoms with Crippen molar-refractivity contribution < 1.29 is 13.2 Å². The van der Waals surface area contributed by atoms with Gasteiger partial charge in [0.2, 0.25) is 0 Å². The molecule has 2 heterocycles. The molecule has 1 atom stereocenters. The first kappa shape index (κ1) is 14.3. The molecule has 3 rings (SSSR count). The van der Waals surface area contributed by atoms with Crippen LogP contribution in [-0.2, 0) is 12.6 Å². The number of alkyl halides is 3. The van der Waals surface area contributed by atoms with Gasteiger partial charge in [-0.3, -0.25) is 4.98 Å². The van der Waals surface area contributed by atoms with Crippen molar-refractivity contribution in [2.45, 2.75) is 31.9 Å². The first-order valence-corrected chi connectivity index (χ1v) is 7.09. The monoisotopic (exact) mass is 295 g/mol. The zero-order chi connectivity index (χ0) is 15.1. The van der Waals surface area contributed by atoms with Crippen LogP contribution in [-0.4, -0.2) is 18.1 Å². The molecule has 112 valence electrons. The van der Waals surface area contributed by atoms with E-state index in [9.17, 15) is 13.2 Å². The van der Waals surface area contributed by atoms with Crippen molar-refractivity contribution in [2.24, 2.45) is 11.3 Å². The number of hydrogen-bond donors (Lipinski definition) is 1. The van der Waals surface area contributed by atoms with Gasteiger partial charge in [0.05, 0.1) is 11.6 Å². The van der Waals surface area contributed by atoms with Gasteiger partial charge in [-0.25, -0.2) is 0 Å². The first-order valence-electron chi connectivity index (χ1n) is 7.09. The Labute approximate surface area is 121 Å². The number of rotatable bonds is 2. The zero-order valence-corrected chi connectivity index (χ0v) is 11.5. The summed E-state index contributed by atoms with van der Waals surface area (Å²) < 4.78 is 37.9. The molecule has 1 aliphatic heterocycles. The second kappa shape index (κ2) is 4.99. The molecule has 0 unspecified atom stereocenters. The Morgan fingerprint density at radius 3 is 2.71 bits per heavy atom. The number of pyridine rings is 1. The van der Waals surface area contributed by atoms with Crippen LogP contribution in [0.15, 0.2) is 12.3 Å². The number of nitriles is 1. The highest BCUT2D eigenvalue weighted by molar-refractivity contribution is 5.38. The SMILES string of the molecule is N#Cc1cc(C(F)(F)F)ncc1C[C@H]1CCC2(CNC2)C1. The van der Waals surface area contributed by atoms with Crippen molar-refractivity contribution in [2.75, 3.05) is 13.1 Å². The summed E-state index contributed by atoms with van der Waals surface area (Å²) in [5.41, 5.74) is 0.148. The van der Waals surface area contributed by atoms with E-state index in [0.29, 0.717) is 23.3 Å². The molecule has 0 amide bonds. The van der Waals surface area contributed by atoms with Crippen LogP contribution in [0.3, 0.4) is 0 Å². The van der Waals surface area contributed by atoms with Gasteiger partial charge in [0.1, 0.15) is 5.69 Å². The van der Waals surface area contributed by atoms with Gasteiger partial charge in [0, 0.05) is 19.3 Å². The number of hydrogen-bond acceptors (Lipinski definition) is 3. The van der Waals surface area contributed by atoms with Gasteiger partial charge in [-0.1, -0.05) is 0 Å². The molecular formula is C15H16F3N3. The zero-order valence-electron chi connectivity index (χ0n) is 11.5. The van der Waals surface area contributed by atoms with E-state index < -0.39 is 11.9 Å². The van der Waals surface area contributed by atoms with Crippen LogP contribution in [0.5, 0.6) is 0 Å². The molecule has 0 radical (unpaired) electrons. The van der Waals surface area contributed by atoms with E-state index in [1.165, 1.54) is 12.6 Å². The summed E-state index contributed by atoms with van der Waals surface area (Å²) in [6, 6.07) is 2.74. The topological polar surface area (TPSA) is 48.7 Å². The highest BCUT2D eigenvalue weighted by atomic mass is 19.4. The summed E-state index contributed by atoms with van der Waals surface area (Å²) in [6.07, 6.45) is 0.709. The second-order valence-corrected chi connectivity index (χ2v) is 6.25. The van der Waals surface area contributed by atoms with Crippen LogP contribution in [0, 0.1) is 22.7 Å². The lowest BCUT2D eigenvalue weighted by Crippen LogP contribution is -2.51. The third-order valence-corrected chi connectivity index (χ3v) is 4.71. The number of aromatic nitrogens is 1. The molecule has 6 heteroatoms. The van der Waals surface area contributed by atoms with E-state index in [4.69, 9.17) is 5.26 Å². The average molecular weight is 295 g/mol. The molecule has 1 saturated heterocycles. The van der Waals surface area contributed by atoms with Gasteiger partial charge < -0.3 is 5.32 Å². The van der Waals surface area contributed by atoms with Crippen LogP contribution in [0.2, 0.25) is 0 Å². The van der Waals surface area contributed by atoms with Crippen LogP contribution in [0.25, 0.3) is 0 Å². The van der Waals surface area contributed by atoms with Gasteiger partial charge in [-0.2, -0.15) is 18.4 Å². The Hall–Kier alpha value is -1.61. The quantitative estimate of drug-likeness (QED) is 0.912. The second-order valence-electron chi connectivity index (χ2n) is 6.25. The largest absolute Gasteiger partial charge is 0.433 e. The highest BCUT2D eigenvalue weighted by Gasteiger charge is 2.43. The Balaban J connectivity index is 1.75. The molecule has 0 aromatic carbocycles. The van der Waals surface area contributed by atoms with Crippen LogP contribution >= 0.6 is 0 Å². The molecule has 0 bridgehead atoms. The van der Waals surface area contributed by atoms with Gasteiger partial charge in [-0.15, -0.1) is 0 Å². The van der Waals surface area contributed by atoms with E-state index in [1.54, 1.807) is 0 Å².